The Morgan fingerprint density at radius 1 is 1.15 bits per heavy atom. The molecule has 2 aromatic carbocycles. The Morgan fingerprint density at radius 2 is 2.00 bits per heavy atom. The number of benzene rings is 2. The number of carbonyl (C=O) groups excluding carboxylic acids is 1. The van der Waals surface area contributed by atoms with Crippen LogP contribution in [0.4, 0.5) is 4.39 Å². The summed E-state index contributed by atoms with van der Waals surface area (Å²) in [6.45, 7) is 0.372. The minimum Gasteiger partial charge on any atom is -0.295 e. The van der Waals surface area contributed by atoms with Crippen LogP contribution in [0.5, 0.6) is 0 Å². The van der Waals surface area contributed by atoms with Crippen LogP contribution in [0.15, 0.2) is 54.7 Å². The highest BCUT2D eigenvalue weighted by molar-refractivity contribution is 6.03. The van der Waals surface area contributed by atoms with Gasteiger partial charge in [-0.25, -0.2) is 0 Å². The second kappa shape index (κ2) is 6.15. The number of hydrogen-bond donors (Lipinski definition) is 0. The van der Waals surface area contributed by atoms with E-state index in [1.54, 1.807) is 6.08 Å². The third-order valence-corrected chi connectivity index (χ3v) is 6.14. The molecule has 0 unspecified atom stereocenters. The summed E-state index contributed by atoms with van der Waals surface area (Å²) in [5.41, 5.74) is 5.33. The highest BCUT2D eigenvalue weighted by atomic mass is 19.1. The fourth-order valence-electron chi connectivity index (χ4n) is 4.79. The molecule has 2 aliphatic carbocycles. The molecule has 2 aliphatic rings. The zero-order valence-electron chi connectivity index (χ0n) is 15.1. The fraction of sp³-hybridized carbons (Fsp3) is 0.304. The van der Waals surface area contributed by atoms with Gasteiger partial charge in [-0.1, -0.05) is 36.4 Å². The normalized spacial score (nSPS) is 21.2. The number of ketones is 1. The molecule has 5 rings (SSSR count). The molecule has 0 amide bonds. The van der Waals surface area contributed by atoms with E-state index in [0.717, 1.165) is 41.4 Å². The molecule has 0 radical (unpaired) electrons. The van der Waals surface area contributed by atoms with E-state index in [-0.39, 0.29) is 17.9 Å². The van der Waals surface area contributed by atoms with Gasteiger partial charge in [0.2, 0.25) is 0 Å². The van der Waals surface area contributed by atoms with Crippen molar-refractivity contribution in [2.45, 2.75) is 32.2 Å². The highest BCUT2D eigenvalue weighted by Gasteiger charge is 2.44. The van der Waals surface area contributed by atoms with Gasteiger partial charge in [-0.05, 0) is 53.7 Å². The highest BCUT2D eigenvalue weighted by Crippen LogP contribution is 2.55. The van der Waals surface area contributed by atoms with Crippen molar-refractivity contribution in [1.29, 1.82) is 0 Å². The lowest BCUT2D eigenvalue weighted by Gasteiger charge is -2.32. The van der Waals surface area contributed by atoms with Crippen molar-refractivity contribution in [3.8, 4) is 0 Å². The maximum absolute atomic E-state index is 13.4. The van der Waals surface area contributed by atoms with E-state index in [0.29, 0.717) is 12.8 Å². The Hall–Kier alpha value is -2.75. The SMILES string of the molecule is O=C1C=C2c3ccc4nn(Cc5ccccc5)cc4c3C[C@@]2(CCF)CC1. The number of rotatable bonds is 4. The average Bonchev–Trinajstić information content (AvgIpc) is 3.21. The number of alkyl halides is 1. The molecule has 1 heterocycles. The lowest BCUT2D eigenvalue weighted by molar-refractivity contribution is -0.115. The number of halogens is 1. The summed E-state index contributed by atoms with van der Waals surface area (Å²) in [4.78, 5) is 12.0. The first-order valence-corrected chi connectivity index (χ1v) is 9.53. The standard InChI is InChI=1S/C23H21FN2O/c24-11-10-23-9-8-17(27)12-21(23)18-6-7-22-20(19(18)13-23)15-26(25-22)14-16-4-2-1-3-5-16/h1-7,12,15H,8-11,13-14H2/t23-/m0/s1. The van der Waals surface area contributed by atoms with Crippen LogP contribution in [0.1, 0.15) is 36.0 Å². The van der Waals surface area contributed by atoms with Crippen LogP contribution in [0.2, 0.25) is 0 Å². The molecular weight excluding hydrogens is 339 g/mol. The number of fused-ring (bicyclic) bond motifs is 5. The molecular formula is C23H21FN2O. The molecule has 27 heavy (non-hydrogen) atoms. The van der Waals surface area contributed by atoms with E-state index < -0.39 is 0 Å². The van der Waals surface area contributed by atoms with Gasteiger partial charge in [0, 0.05) is 23.4 Å². The zero-order chi connectivity index (χ0) is 18.4. The van der Waals surface area contributed by atoms with E-state index >= 15 is 0 Å². The Balaban J connectivity index is 1.60. The molecule has 0 saturated heterocycles. The summed E-state index contributed by atoms with van der Waals surface area (Å²) in [5, 5.41) is 5.87. The van der Waals surface area contributed by atoms with Crippen molar-refractivity contribution in [2.75, 3.05) is 6.67 Å². The van der Waals surface area contributed by atoms with E-state index in [9.17, 15) is 9.18 Å². The van der Waals surface area contributed by atoms with Crippen LogP contribution >= 0.6 is 0 Å². The van der Waals surface area contributed by atoms with Gasteiger partial charge in [-0.2, -0.15) is 5.10 Å². The van der Waals surface area contributed by atoms with Crippen molar-refractivity contribution < 1.29 is 9.18 Å². The molecule has 0 aliphatic heterocycles. The quantitative estimate of drug-likeness (QED) is 0.674. The molecule has 3 nitrogen and oxygen atoms in total. The lowest BCUT2D eigenvalue weighted by atomic mass is 9.71. The number of carbonyl (C=O) groups is 1. The molecule has 1 aromatic heterocycles. The molecule has 3 aromatic rings. The Labute approximate surface area is 157 Å². The molecule has 0 saturated carbocycles. The molecule has 0 bridgehead atoms. The van der Waals surface area contributed by atoms with Gasteiger partial charge < -0.3 is 0 Å². The maximum Gasteiger partial charge on any atom is 0.156 e. The lowest BCUT2D eigenvalue weighted by Crippen LogP contribution is -2.26. The first-order valence-electron chi connectivity index (χ1n) is 9.53. The maximum atomic E-state index is 13.4. The number of nitrogens with zero attached hydrogens (tertiary/aromatic N) is 2. The topological polar surface area (TPSA) is 34.9 Å². The predicted octanol–water partition coefficient (Wildman–Crippen LogP) is 4.73. The van der Waals surface area contributed by atoms with E-state index in [1.807, 2.05) is 28.9 Å². The average molecular weight is 360 g/mol. The van der Waals surface area contributed by atoms with Crippen molar-refractivity contribution in [3.05, 3.63) is 71.4 Å². The van der Waals surface area contributed by atoms with Gasteiger partial charge in [-0.15, -0.1) is 0 Å². The predicted molar refractivity (Wildman–Crippen MR) is 104 cm³/mol. The van der Waals surface area contributed by atoms with Crippen LogP contribution in [0.25, 0.3) is 16.5 Å². The second-order valence-electron chi connectivity index (χ2n) is 7.76. The summed E-state index contributed by atoms with van der Waals surface area (Å²) < 4.78 is 15.3. The molecule has 0 fully saturated rings. The second-order valence-corrected chi connectivity index (χ2v) is 7.76. The van der Waals surface area contributed by atoms with Crippen LogP contribution in [0, 0.1) is 5.41 Å². The third-order valence-electron chi connectivity index (χ3n) is 6.14. The van der Waals surface area contributed by atoms with E-state index in [1.165, 1.54) is 11.1 Å². The van der Waals surface area contributed by atoms with Gasteiger partial charge in [0.25, 0.3) is 0 Å². The van der Waals surface area contributed by atoms with Crippen LogP contribution in [-0.2, 0) is 17.8 Å². The molecule has 4 heteroatoms. The monoisotopic (exact) mass is 360 g/mol. The Bertz CT molecular complexity index is 1070. The minimum atomic E-state index is -0.351. The van der Waals surface area contributed by atoms with Gasteiger partial charge in [0.15, 0.2) is 5.78 Å². The summed E-state index contributed by atoms with van der Waals surface area (Å²) >= 11 is 0. The number of hydrogen-bond acceptors (Lipinski definition) is 2. The zero-order valence-corrected chi connectivity index (χ0v) is 15.1. The van der Waals surface area contributed by atoms with Crippen LogP contribution in [-0.4, -0.2) is 22.2 Å². The van der Waals surface area contributed by atoms with Crippen LogP contribution in [0.3, 0.4) is 0 Å². The largest absolute Gasteiger partial charge is 0.295 e. The molecule has 0 N–H and O–H groups in total. The van der Waals surface area contributed by atoms with Crippen molar-refractivity contribution in [1.82, 2.24) is 9.78 Å². The van der Waals surface area contributed by atoms with Crippen molar-refractivity contribution >= 4 is 22.3 Å². The minimum absolute atomic E-state index is 0.159. The van der Waals surface area contributed by atoms with Crippen molar-refractivity contribution in [2.24, 2.45) is 5.41 Å². The summed E-state index contributed by atoms with van der Waals surface area (Å²) in [7, 11) is 0. The van der Waals surface area contributed by atoms with Gasteiger partial charge in [0.1, 0.15) is 0 Å². The van der Waals surface area contributed by atoms with Gasteiger partial charge in [0.05, 0.1) is 18.7 Å². The van der Waals surface area contributed by atoms with E-state index in [4.69, 9.17) is 5.10 Å². The summed E-state index contributed by atoms with van der Waals surface area (Å²) in [6, 6.07) is 14.4. The van der Waals surface area contributed by atoms with Gasteiger partial charge >= 0.3 is 0 Å². The number of allylic oxidation sites excluding steroid dienone is 2. The first kappa shape index (κ1) is 16.4. The summed E-state index contributed by atoms with van der Waals surface area (Å²) in [5.74, 6) is 0.159. The first-order chi connectivity index (χ1) is 13.2. The third kappa shape index (κ3) is 2.62. The Morgan fingerprint density at radius 3 is 2.81 bits per heavy atom. The smallest absolute Gasteiger partial charge is 0.156 e. The van der Waals surface area contributed by atoms with Crippen molar-refractivity contribution in [3.63, 3.8) is 0 Å². The Kier molecular flexibility index (Phi) is 3.74. The molecule has 1 atom stereocenters. The molecule has 0 spiro atoms. The molecule has 136 valence electrons. The number of aromatic nitrogens is 2. The summed E-state index contributed by atoms with van der Waals surface area (Å²) in [6.07, 6.45) is 6.43. The van der Waals surface area contributed by atoms with Crippen LogP contribution < -0.4 is 0 Å². The van der Waals surface area contributed by atoms with E-state index in [2.05, 4.69) is 24.4 Å². The fourth-order valence-corrected chi connectivity index (χ4v) is 4.79. The van der Waals surface area contributed by atoms with Gasteiger partial charge in [-0.3, -0.25) is 13.9 Å².